The van der Waals surface area contributed by atoms with Crippen LogP contribution in [0.5, 0.6) is 0 Å². The summed E-state index contributed by atoms with van der Waals surface area (Å²) in [7, 11) is 2.13. The molecule has 1 rings (SSSR count). The average Bonchev–Trinajstić information content (AvgIpc) is 1.99. The maximum absolute atomic E-state index is 10.9. The summed E-state index contributed by atoms with van der Waals surface area (Å²) >= 11 is 5.53. The van der Waals surface area contributed by atoms with Gasteiger partial charge in [-0.1, -0.05) is 11.6 Å². The minimum atomic E-state index is -3.99. The molecular formula is C6H3Cl3O4S2. The molecule has 0 amide bonds. The fourth-order valence-corrected chi connectivity index (χ4v) is 3.20. The van der Waals surface area contributed by atoms with Crippen LogP contribution >= 0.6 is 33.0 Å². The molecule has 0 heterocycles. The molecule has 0 unspecified atom stereocenters. The predicted octanol–water partition coefficient (Wildman–Crippen LogP) is 2.20. The predicted molar refractivity (Wildman–Crippen MR) is 57.5 cm³/mol. The molecule has 4 nitrogen and oxygen atoms in total. The van der Waals surface area contributed by atoms with E-state index in [0.717, 1.165) is 18.2 Å². The first-order chi connectivity index (χ1) is 6.62. The third-order valence-electron chi connectivity index (χ3n) is 1.45. The number of benzene rings is 1. The molecule has 0 aromatic heterocycles. The fourth-order valence-electron chi connectivity index (χ4n) is 0.831. The van der Waals surface area contributed by atoms with Crippen molar-refractivity contribution in [2.45, 2.75) is 9.79 Å². The molecule has 84 valence electrons. The van der Waals surface area contributed by atoms with Gasteiger partial charge in [-0.3, -0.25) is 0 Å². The van der Waals surface area contributed by atoms with E-state index in [1.807, 2.05) is 0 Å². The summed E-state index contributed by atoms with van der Waals surface area (Å²) in [6.45, 7) is 0. The van der Waals surface area contributed by atoms with Gasteiger partial charge in [0.15, 0.2) is 0 Å². The van der Waals surface area contributed by atoms with Crippen molar-refractivity contribution in [3.8, 4) is 0 Å². The minimum Gasteiger partial charge on any atom is -0.207 e. The Labute approximate surface area is 101 Å². The molecule has 0 atom stereocenters. The summed E-state index contributed by atoms with van der Waals surface area (Å²) in [4.78, 5) is -0.659. The van der Waals surface area contributed by atoms with Crippen LogP contribution in [0.1, 0.15) is 0 Å². The monoisotopic (exact) mass is 308 g/mol. The first kappa shape index (κ1) is 13.1. The highest BCUT2D eigenvalue weighted by molar-refractivity contribution is 8.14. The molecule has 1 aromatic carbocycles. The van der Waals surface area contributed by atoms with Crippen molar-refractivity contribution in [3.63, 3.8) is 0 Å². The van der Waals surface area contributed by atoms with Gasteiger partial charge >= 0.3 is 0 Å². The second-order valence-corrected chi connectivity index (χ2v) is 7.98. The summed E-state index contributed by atoms with van der Waals surface area (Å²) in [6.07, 6.45) is 0. The molecule has 0 N–H and O–H groups in total. The molecule has 9 heteroatoms. The molecular weight excluding hydrogens is 307 g/mol. The van der Waals surface area contributed by atoms with E-state index in [1.54, 1.807) is 0 Å². The second-order valence-electron chi connectivity index (χ2n) is 2.47. The maximum Gasteiger partial charge on any atom is 0.262 e. The van der Waals surface area contributed by atoms with Crippen LogP contribution < -0.4 is 0 Å². The van der Waals surface area contributed by atoms with Crippen LogP contribution in [0.4, 0.5) is 0 Å². The molecule has 0 bridgehead atoms. The van der Waals surface area contributed by atoms with Gasteiger partial charge in [0.25, 0.3) is 18.1 Å². The maximum atomic E-state index is 10.9. The lowest BCUT2D eigenvalue weighted by Crippen LogP contribution is -1.95. The van der Waals surface area contributed by atoms with E-state index in [2.05, 4.69) is 0 Å². The van der Waals surface area contributed by atoms with E-state index in [9.17, 15) is 16.8 Å². The summed E-state index contributed by atoms with van der Waals surface area (Å²) < 4.78 is 43.6. The van der Waals surface area contributed by atoms with E-state index < -0.39 is 18.1 Å². The Kier molecular flexibility index (Phi) is 3.57. The van der Waals surface area contributed by atoms with E-state index in [-0.39, 0.29) is 14.8 Å². The average molecular weight is 310 g/mol. The van der Waals surface area contributed by atoms with Crippen molar-refractivity contribution >= 4 is 51.1 Å². The first-order valence-corrected chi connectivity index (χ1v) is 8.31. The van der Waals surface area contributed by atoms with Gasteiger partial charge in [0.2, 0.25) is 0 Å². The lowest BCUT2D eigenvalue weighted by Gasteiger charge is -2.01. The van der Waals surface area contributed by atoms with Gasteiger partial charge in [0, 0.05) is 21.4 Å². The van der Waals surface area contributed by atoms with Crippen LogP contribution in [0.15, 0.2) is 28.0 Å². The lowest BCUT2D eigenvalue weighted by atomic mass is 10.4. The van der Waals surface area contributed by atoms with Gasteiger partial charge in [-0.2, -0.15) is 0 Å². The molecule has 0 aliphatic heterocycles. The number of rotatable bonds is 2. The van der Waals surface area contributed by atoms with Crippen LogP contribution in [0, 0.1) is 0 Å². The zero-order chi connectivity index (χ0) is 11.9. The Bertz CT molecular complexity index is 591. The normalized spacial score (nSPS) is 12.7. The molecule has 0 spiro atoms. The number of hydrogen-bond acceptors (Lipinski definition) is 4. The highest BCUT2D eigenvalue weighted by atomic mass is 35.7. The van der Waals surface area contributed by atoms with Gasteiger partial charge in [-0.15, -0.1) is 0 Å². The summed E-state index contributed by atoms with van der Waals surface area (Å²) in [6, 6.07) is 2.89. The number of halogens is 3. The Morgan fingerprint density at radius 3 is 1.80 bits per heavy atom. The van der Waals surface area contributed by atoms with Crippen molar-refractivity contribution < 1.29 is 16.8 Å². The van der Waals surface area contributed by atoms with Gasteiger partial charge in [-0.25, -0.2) is 16.8 Å². The molecule has 0 radical (unpaired) electrons. The van der Waals surface area contributed by atoms with Crippen molar-refractivity contribution in [3.05, 3.63) is 23.2 Å². The second kappa shape index (κ2) is 4.10. The minimum absolute atomic E-state index is 0.293. The smallest absolute Gasteiger partial charge is 0.207 e. The van der Waals surface area contributed by atoms with E-state index in [1.165, 1.54) is 0 Å². The standard InChI is InChI=1S/C6H3Cl3O4S2/c7-5-3-4(14(8,10)11)1-2-6(5)15(9,12)13/h1-3H. The molecule has 0 fully saturated rings. The zero-order valence-corrected chi connectivity index (χ0v) is 10.7. The molecule has 1 aromatic rings. The fraction of sp³-hybridized carbons (Fsp3) is 0. The van der Waals surface area contributed by atoms with E-state index in [4.69, 9.17) is 33.0 Å². The van der Waals surface area contributed by atoms with Crippen LogP contribution in [0.3, 0.4) is 0 Å². The molecule has 15 heavy (non-hydrogen) atoms. The van der Waals surface area contributed by atoms with Crippen molar-refractivity contribution in [2.75, 3.05) is 0 Å². The lowest BCUT2D eigenvalue weighted by molar-refractivity contribution is 0.606. The topological polar surface area (TPSA) is 68.3 Å². The van der Waals surface area contributed by atoms with Crippen LogP contribution in [-0.2, 0) is 18.1 Å². The third kappa shape index (κ3) is 3.22. The largest absolute Gasteiger partial charge is 0.262 e. The van der Waals surface area contributed by atoms with Gasteiger partial charge in [-0.05, 0) is 18.2 Å². The van der Waals surface area contributed by atoms with Crippen molar-refractivity contribution in [1.82, 2.24) is 0 Å². The molecule has 0 aliphatic carbocycles. The van der Waals surface area contributed by atoms with Crippen LogP contribution in [0.25, 0.3) is 0 Å². The van der Waals surface area contributed by atoms with Crippen LogP contribution in [0.2, 0.25) is 5.02 Å². The summed E-state index contributed by atoms with van der Waals surface area (Å²) in [5.41, 5.74) is 0. The zero-order valence-electron chi connectivity index (χ0n) is 6.82. The Hall–Kier alpha value is -0.0100. The molecule has 0 saturated heterocycles. The van der Waals surface area contributed by atoms with E-state index >= 15 is 0 Å². The highest BCUT2D eigenvalue weighted by Crippen LogP contribution is 2.28. The highest BCUT2D eigenvalue weighted by Gasteiger charge is 2.18. The van der Waals surface area contributed by atoms with Crippen molar-refractivity contribution in [1.29, 1.82) is 0 Å². The molecule has 0 aliphatic rings. The third-order valence-corrected chi connectivity index (χ3v) is 4.60. The van der Waals surface area contributed by atoms with Gasteiger partial charge in [0.1, 0.15) is 4.90 Å². The Balaban J connectivity index is 3.47. The SMILES string of the molecule is O=S(=O)(Cl)c1ccc(S(=O)(=O)Cl)c(Cl)c1. The Morgan fingerprint density at radius 1 is 0.933 bits per heavy atom. The first-order valence-electron chi connectivity index (χ1n) is 3.31. The summed E-state index contributed by atoms with van der Waals surface area (Å²) in [5, 5.41) is -0.299. The van der Waals surface area contributed by atoms with Gasteiger partial charge in [0.05, 0.1) is 9.92 Å². The molecule has 0 saturated carbocycles. The van der Waals surface area contributed by atoms with E-state index in [0.29, 0.717) is 0 Å². The Morgan fingerprint density at radius 2 is 1.47 bits per heavy atom. The van der Waals surface area contributed by atoms with Gasteiger partial charge < -0.3 is 0 Å². The quantitative estimate of drug-likeness (QED) is 0.785. The summed E-state index contributed by atoms with van der Waals surface area (Å²) in [5.74, 6) is 0. The van der Waals surface area contributed by atoms with Crippen molar-refractivity contribution in [2.24, 2.45) is 0 Å². The number of hydrogen-bond donors (Lipinski definition) is 0. The van der Waals surface area contributed by atoms with Crippen LogP contribution in [-0.4, -0.2) is 16.8 Å².